The number of halogens is 1. The fourth-order valence-electron chi connectivity index (χ4n) is 4.79. The summed E-state index contributed by atoms with van der Waals surface area (Å²) >= 11 is 3.42. The van der Waals surface area contributed by atoms with Crippen LogP contribution < -0.4 is 9.62 Å². The van der Waals surface area contributed by atoms with Crippen molar-refractivity contribution in [2.45, 2.75) is 50.2 Å². The number of carbonyl (C=O) groups is 2. The molecule has 4 aromatic rings. The van der Waals surface area contributed by atoms with E-state index in [4.69, 9.17) is 0 Å². The molecule has 0 aliphatic rings. The summed E-state index contributed by atoms with van der Waals surface area (Å²) in [5.74, 6) is -1.04. The third kappa shape index (κ3) is 8.79. The van der Waals surface area contributed by atoms with Gasteiger partial charge in [0.2, 0.25) is 11.8 Å². The van der Waals surface area contributed by atoms with Crippen LogP contribution in [-0.2, 0) is 32.6 Å². The minimum atomic E-state index is -4.37. The van der Waals surface area contributed by atoms with E-state index in [1.807, 2.05) is 68.4 Å². The molecule has 0 aliphatic carbocycles. The summed E-state index contributed by atoms with van der Waals surface area (Å²) in [6.07, 6.45) is 0.841. The van der Waals surface area contributed by atoms with Crippen molar-refractivity contribution in [3.63, 3.8) is 0 Å². The predicted molar refractivity (Wildman–Crippen MR) is 181 cm³/mol. The maximum Gasteiger partial charge on any atom is 0.271 e. The van der Waals surface area contributed by atoms with E-state index in [0.29, 0.717) is 6.42 Å². The molecular weight excluding hydrogens is 672 g/mol. The second kappa shape index (κ2) is 15.6. The number of nitro benzene ring substituents is 1. The van der Waals surface area contributed by atoms with E-state index in [9.17, 15) is 28.1 Å². The first kappa shape index (κ1) is 34.3. The molecule has 4 rings (SSSR count). The highest BCUT2D eigenvalue weighted by Gasteiger charge is 2.35. The smallest absolute Gasteiger partial charge is 0.271 e. The lowest BCUT2D eigenvalue weighted by Gasteiger charge is -2.34. The van der Waals surface area contributed by atoms with Crippen molar-refractivity contribution in [2.24, 2.45) is 0 Å². The van der Waals surface area contributed by atoms with E-state index in [0.717, 1.165) is 26.0 Å². The molecular formula is C34H35BrN4O6S. The molecule has 2 atom stereocenters. The maximum atomic E-state index is 14.5. The maximum absolute atomic E-state index is 14.5. The van der Waals surface area contributed by atoms with Crippen molar-refractivity contribution in [2.75, 3.05) is 10.8 Å². The second-order valence-electron chi connectivity index (χ2n) is 10.8. The number of sulfonamides is 1. The molecule has 0 saturated heterocycles. The van der Waals surface area contributed by atoms with Crippen molar-refractivity contribution in [3.8, 4) is 0 Å². The molecule has 0 saturated carbocycles. The van der Waals surface area contributed by atoms with Crippen LogP contribution in [0.1, 0.15) is 31.4 Å². The average molecular weight is 708 g/mol. The van der Waals surface area contributed by atoms with Crippen LogP contribution in [0.4, 0.5) is 11.4 Å². The molecule has 0 fully saturated rings. The lowest BCUT2D eigenvalue weighted by Crippen LogP contribution is -2.54. The lowest BCUT2D eigenvalue weighted by atomic mass is 10.0. The van der Waals surface area contributed by atoms with E-state index in [1.54, 1.807) is 18.2 Å². The Kier molecular flexibility index (Phi) is 11.7. The van der Waals surface area contributed by atoms with Crippen LogP contribution in [-0.4, -0.2) is 48.7 Å². The zero-order valence-electron chi connectivity index (χ0n) is 25.5. The number of nitrogens with zero attached hydrogens (tertiary/aromatic N) is 3. The molecule has 10 nitrogen and oxygen atoms in total. The Morgan fingerprint density at radius 2 is 1.52 bits per heavy atom. The molecule has 1 N–H and O–H groups in total. The number of hydrogen-bond donors (Lipinski definition) is 1. The second-order valence-corrected chi connectivity index (χ2v) is 13.6. The Hall–Kier alpha value is -4.55. The molecule has 12 heteroatoms. The Morgan fingerprint density at radius 3 is 2.13 bits per heavy atom. The van der Waals surface area contributed by atoms with E-state index in [2.05, 4.69) is 21.2 Å². The van der Waals surface area contributed by atoms with Gasteiger partial charge in [-0.1, -0.05) is 89.6 Å². The molecule has 0 bridgehead atoms. The Balaban J connectivity index is 1.83. The number of amides is 2. The van der Waals surface area contributed by atoms with Crippen LogP contribution in [0.2, 0.25) is 0 Å². The van der Waals surface area contributed by atoms with Crippen LogP contribution in [0.5, 0.6) is 0 Å². The van der Waals surface area contributed by atoms with Gasteiger partial charge in [0.15, 0.2) is 0 Å². The number of non-ortho nitro benzene ring substituents is 1. The summed E-state index contributed by atoms with van der Waals surface area (Å²) in [5, 5.41) is 14.6. The van der Waals surface area contributed by atoms with Crippen LogP contribution in [0.3, 0.4) is 0 Å². The van der Waals surface area contributed by atoms with Crippen molar-refractivity contribution in [1.29, 1.82) is 0 Å². The number of nitro groups is 1. The first-order valence-corrected chi connectivity index (χ1v) is 16.9. The van der Waals surface area contributed by atoms with Gasteiger partial charge < -0.3 is 10.2 Å². The lowest BCUT2D eigenvalue weighted by molar-refractivity contribution is -0.384. The van der Waals surface area contributed by atoms with Gasteiger partial charge in [-0.2, -0.15) is 0 Å². The van der Waals surface area contributed by atoms with Crippen molar-refractivity contribution in [3.05, 3.63) is 135 Å². The number of carbonyl (C=O) groups excluding carboxylic acids is 2. The van der Waals surface area contributed by atoms with E-state index in [-0.39, 0.29) is 41.2 Å². The van der Waals surface area contributed by atoms with Crippen LogP contribution in [0.15, 0.2) is 119 Å². The Labute approximate surface area is 277 Å². The summed E-state index contributed by atoms with van der Waals surface area (Å²) in [6, 6.07) is 28.0. The summed E-state index contributed by atoms with van der Waals surface area (Å²) in [7, 11) is -4.37. The highest BCUT2D eigenvalue weighted by Crippen LogP contribution is 2.28. The van der Waals surface area contributed by atoms with Gasteiger partial charge in [-0.05, 0) is 54.8 Å². The van der Waals surface area contributed by atoms with E-state index >= 15 is 0 Å². The number of anilines is 1. The van der Waals surface area contributed by atoms with Gasteiger partial charge in [-0.25, -0.2) is 8.42 Å². The minimum absolute atomic E-state index is 0.00566. The van der Waals surface area contributed by atoms with E-state index < -0.39 is 33.4 Å². The fraction of sp³-hybridized carbons (Fsp3) is 0.235. The van der Waals surface area contributed by atoms with Gasteiger partial charge in [0.05, 0.1) is 15.5 Å². The third-order valence-electron chi connectivity index (χ3n) is 7.48. The van der Waals surface area contributed by atoms with Crippen LogP contribution in [0.25, 0.3) is 0 Å². The molecule has 0 spiro atoms. The molecule has 0 heterocycles. The number of rotatable bonds is 14. The van der Waals surface area contributed by atoms with Gasteiger partial charge in [0.1, 0.15) is 12.6 Å². The van der Waals surface area contributed by atoms with Gasteiger partial charge in [0, 0.05) is 35.6 Å². The SMILES string of the molecule is CC[C@H](C)NC(=O)[C@@H](Cc1ccccc1)N(Cc1ccc(Br)cc1)C(=O)CN(c1cccc([N+](=O)[O-])c1)S(=O)(=O)c1ccccc1. The number of nitrogens with one attached hydrogen (secondary N) is 1. The molecule has 0 radical (unpaired) electrons. The van der Waals surface area contributed by atoms with Crippen LogP contribution >= 0.6 is 15.9 Å². The summed E-state index contributed by atoms with van der Waals surface area (Å²) in [6.45, 7) is 3.10. The fourth-order valence-corrected chi connectivity index (χ4v) is 6.48. The van der Waals surface area contributed by atoms with Crippen molar-refractivity contribution in [1.82, 2.24) is 10.2 Å². The zero-order chi connectivity index (χ0) is 33.3. The third-order valence-corrected chi connectivity index (χ3v) is 9.79. The Morgan fingerprint density at radius 1 is 0.891 bits per heavy atom. The van der Waals surface area contributed by atoms with Gasteiger partial charge in [-0.15, -0.1) is 0 Å². The van der Waals surface area contributed by atoms with Crippen molar-refractivity contribution < 1.29 is 22.9 Å². The highest BCUT2D eigenvalue weighted by atomic mass is 79.9. The average Bonchev–Trinajstić information content (AvgIpc) is 3.06. The van der Waals surface area contributed by atoms with Gasteiger partial charge in [0.25, 0.3) is 15.7 Å². The predicted octanol–water partition coefficient (Wildman–Crippen LogP) is 6.11. The monoisotopic (exact) mass is 706 g/mol. The number of benzene rings is 4. The van der Waals surface area contributed by atoms with E-state index in [1.165, 1.54) is 35.2 Å². The molecule has 0 aromatic heterocycles. The summed E-state index contributed by atoms with van der Waals surface area (Å²) in [5.41, 5.74) is 1.14. The quantitative estimate of drug-likeness (QED) is 0.124. The normalized spacial score (nSPS) is 12.5. The van der Waals surface area contributed by atoms with Gasteiger partial charge in [-0.3, -0.25) is 24.0 Å². The Bertz CT molecular complexity index is 1760. The summed E-state index contributed by atoms with van der Waals surface area (Å²) in [4.78, 5) is 40.6. The first-order chi connectivity index (χ1) is 22.0. The highest BCUT2D eigenvalue weighted by molar-refractivity contribution is 9.10. The zero-order valence-corrected chi connectivity index (χ0v) is 27.9. The molecule has 0 unspecified atom stereocenters. The van der Waals surface area contributed by atoms with Gasteiger partial charge >= 0.3 is 0 Å². The minimum Gasteiger partial charge on any atom is -0.352 e. The molecule has 0 aliphatic heterocycles. The van der Waals surface area contributed by atoms with Crippen molar-refractivity contribution >= 4 is 49.1 Å². The molecule has 46 heavy (non-hydrogen) atoms. The largest absolute Gasteiger partial charge is 0.352 e. The molecule has 240 valence electrons. The molecule has 4 aromatic carbocycles. The molecule has 2 amide bonds. The topological polar surface area (TPSA) is 130 Å². The number of hydrogen-bond acceptors (Lipinski definition) is 6. The summed E-state index contributed by atoms with van der Waals surface area (Å²) < 4.78 is 29.8. The van der Waals surface area contributed by atoms with Crippen LogP contribution in [0, 0.1) is 10.1 Å². The first-order valence-electron chi connectivity index (χ1n) is 14.7. The standard InChI is InChI=1S/C34H35BrN4O6S/c1-3-25(2)36-34(41)32(21-26-11-6-4-7-12-26)37(23-27-17-19-28(35)20-18-27)33(40)24-38(29-13-10-14-30(22-29)39(42)43)46(44,45)31-15-8-5-9-16-31/h4-20,22,25,32H,3,21,23-24H2,1-2H3,(H,36,41)/t25-,32+/m0/s1.